The molecule has 5 rings (SSSR count). The molecule has 2 aromatic carbocycles. The zero-order valence-electron chi connectivity index (χ0n) is 19.2. The maximum absolute atomic E-state index is 13.1. The van der Waals surface area contributed by atoms with E-state index in [9.17, 15) is 18.0 Å². The number of ketones is 1. The average molecular weight is 473 g/mol. The Morgan fingerprint density at radius 2 is 1.71 bits per heavy atom. The van der Waals surface area contributed by atoms with Crippen molar-refractivity contribution < 1.29 is 18.0 Å². The topological polar surface area (TPSA) is 47.2 Å². The minimum Gasteiger partial charge on any atom is -0.308 e. The van der Waals surface area contributed by atoms with Crippen molar-refractivity contribution in [2.45, 2.75) is 38.3 Å². The molecule has 0 aliphatic heterocycles. The summed E-state index contributed by atoms with van der Waals surface area (Å²) >= 11 is 0. The van der Waals surface area contributed by atoms with E-state index in [2.05, 4.69) is 4.85 Å². The zero-order valence-corrected chi connectivity index (χ0v) is 19.2. The van der Waals surface area contributed by atoms with Crippen LogP contribution in [0.25, 0.3) is 27.5 Å². The molecule has 2 aliphatic rings. The lowest BCUT2D eigenvalue weighted by Gasteiger charge is -2.46. The molecule has 3 aromatic rings. The van der Waals surface area contributed by atoms with Crippen LogP contribution in [-0.4, -0.2) is 15.8 Å². The minimum atomic E-state index is -4.43. The van der Waals surface area contributed by atoms with E-state index in [4.69, 9.17) is 16.5 Å². The molecule has 4 nitrogen and oxygen atoms in total. The molecule has 1 heterocycles. The third-order valence-corrected chi connectivity index (χ3v) is 7.34. The molecule has 0 radical (unpaired) electrons. The molecule has 0 unspecified atom stereocenters. The summed E-state index contributed by atoms with van der Waals surface area (Å²) in [6, 6.07) is 14.4. The van der Waals surface area contributed by atoms with E-state index in [1.165, 1.54) is 12.1 Å². The first-order valence-corrected chi connectivity index (χ1v) is 11.4. The molecule has 0 amide bonds. The number of hydrogen-bond donors (Lipinski definition) is 0. The second kappa shape index (κ2) is 8.16. The lowest BCUT2D eigenvalue weighted by atomic mass is 9.58. The quantitative estimate of drug-likeness (QED) is 0.391. The first kappa shape index (κ1) is 23.0. The number of benzene rings is 2. The Morgan fingerprint density at radius 1 is 1.03 bits per heavy atom. The fourth-order valence-electron chi connectivity index (χ4n) is 5.52. The Balaban J connectivity index is 1.76. The molecule has 35 heavy (non-hydrogen) atoms. The summed E-state index contributed by atoms with van der Waals surface area (Å²) in [6.45, 7) is 11.4. The number of carbonyl (C=O) groups excluding carboxylic acids is 1. The number of carbonyl (C=O) groups is 1. The third kappa shape index (κ3) is 3.74. The number of aromatic nitrogens is 2. The first-order chi connectivity index (χ1) is 16.6. The molecule has 0 saturated carbocycles. The van der Waals surface area contributed by atoms with E-state index >= 15 is 0 Å². The van der Waals surface area contributed by atoms with Gasteiger partial charge in [0.2, 0.25) is 5.70 Å². The lowest BCUT2D eigenvalue weighted by Crippen LogP contribution is -2.46. The fraction of sp³-hybridized carbons (Fsp3) is 0.286. The molecule has 2 aliphatic carbocycles. The summed E-state index contributed by atoms with van der Waals surface area (Å²) in [7, 11) is 0. The van der Waals surface area contributed by atoms with Crippen molar-refractivity contribution in [3.63, 3.8) is 0 Å². The highest BCUT2D eigenvalue weighted by atomic mass is 19.4. The van der Waals surface area contributed by atoms with Gasteiger partial charge in [0.15, 0.2) is 11.6 Å². The van der Waals surface area contributed by atoms with Crippen molar-refractivity contribution in [1.29, 1.82) is 0 Å². The van der Waals surface area contributed by atoms with Gasteiger partial charge in [-0.3, -0.25) is 0 Å². The van der Waals surface area contributed by atoms with Gasteiger partial charge in [0, 0.05) is 28.0 Å². The molecule has 176 valence electrons. The van der Waals surface area contributed by atoms with Crippen LogP contribution in [0.5, 0.6) is 0 Å². The predicted octanol–water partition coefficient (Wildman–Crippen LogP) is 6.67. The van der Waals surface area contributed by atoms with Gasteiger partial charge in [-0.2, -0.15) is 13.2 Å². The van der Waals surface area contributed by atoms with Crippen LogP contribution in [0.15, 0.2) is 66.4 Å². The molecule has 0 saturated heterocycles. The summed E-state index contributed by atoms with van der Waals surface area (Å²) in [5, 5.41) is 0. The number of nitrogens with zero attached hydrogens (tertiary/aromatic N) is 3. The van der Waals surface area contributed by atoms with Crippen molar-refractivity contribution in [3.8, 4) is 22.6 Å². The van der Waals surface area contributed by atoms with Gasteiger partial charge in [0.1, 0.15) is 0 Å². The van der Waals surface area contributed by atoms with Gasteiger partial charge in [-0.05, 0) is 30.9 Å². The van der Waals surface area contributed by atoms with Crippen molar-refractivity contribution in [1.82, 2.24) is 9.97 Å². The van der Waals surface area contributed by atoms with Crippen LogP contribution < -0.4 is 0 Å². The number of alkyl halides is 3. The number of hydrogen-bond acceptors (Lipinski definition) is 3. The van der Waals surface area contributed by atoms with Crippen LogP contribution in [0.3, 0.4) is 0 Å². The van der Waals surface area contributed by atoms with E-state index in [0.29, 0.717) is 17.8 Å². The van der Waals surface area contributed by atoms with Crippen molar-refractivity contribution >= 4 is 5.78 Å². The number of allylic oxidation sites excluding steroid dienone is 2. The first-order valence-electron chi connectivity index (χ1n) is 11.4. The highest BCUT2D eigenvalue weighted by molar-refractivity contribution is 6.00. The zero-order chi connectivity index (χ0) is 25.0. The molecule has 1 aromatic heterocycles. The minimum absolute atomic E-state index is 0.0352. The number of Topliss-reactive ketones (excluding diaryl/α,β-unsaturated/α-hetero) is 1. The average Bonchev–Trinajstić information content (AvgIpc) is 2.86. The molecule has 7 heteroatoms. The highest BCUT2D eigenvalue weighted by Gasteiger charge is 2.49. The Bertz CT molecular complexity index is 1390. The lowest BCUT2D eigenvalue weighted by molar-refractivity contribution is -0.137. The van der Waals surface area contributed by atoms with Gasteiger partial charge in [-0.1, -0.05) is 62.4 Å². The molecule has 0 fully saturated rings. The van der Waals surface area contributed by atoms with E-state index in [1.807, 2.05) is 44.2 Å². The van der Waals surface area contributed by atoms with Crippen molar-refractivity contribution in [2.75, 3.05) is 0 Å². The summed E-state index contributed by atoms with van der Waals surface area (Å²) in [5.74, 6) is -0.189. The van der Waals surface area contributed by atoms with Gasteiger partial charge >= 0.3 is 6.18 Å². The molecular formula is C28H22F3N3O. The second-order valence-electron chi connectivity index (χ2n) is 9.39. The maximum Gasteiger partial charge on any atom is 0.416 e. The van der Waals surface area contributed by atoms with Crippen LogP contribution in [0.2, 0.25) is 0 Å². The van der Waals surface area contributed by atoms with Crippen molar-refractivity contribution in [3.05, 3.63) is 94.6 Å². The molecular weight excluding hydrogens is 451 g/mol. The van der Waals surface area contributed by atoms with E-state index in [1.54, 1.807) is 6.08 Å². The summed E-state index contributed by atoms with van der Waals surface area (Å²) in [6.07, 6.45) is -1.27. The van der Waals surface area contributed by atoms with Gasteiger partial charge in [-0.25, -0.2) is 14.8 Å². The standard InChI is InChI=1S/C28H22F3N3O/c1-16-21-14-13-20-23(17-7-5-4-6-8-17)33-26(18-9-11-19(12-10-18)28(29,30)31)34-25(20)27(21,2)15-22(32-3)24(16)35/h4-12,15-16,21H,13-14H2,1-2H3/t16-,21-,27-/m1/s1. The Morgan fingerprint density at radius 3 is 2.34 bits per heavy atom. The number of fused-ring (bicyclic) bond motifs is 3. The van der Waals surface area contributed by atoms with Crippen LogP contribution in [-0.2, 0) is 22.8 Å². The van der Waals surface area contributed by atoms with Gasteiger partial charge in [0.25, 0.3) is 0 Å². The monoisotopic (exact) mass is 473 g/mol. The van der Waals surface area contributed by atoms with Crippen LogP contribution in [0.4, 0.5) is 13.2 Å². The second-order valence-corrected chi connectivity index (χ2v) is 9.39. The predicted molar refractivity (Wildman–Crippen MR) is 126 cm³/mol. The van der Waals surface area contributed by atoms with E-state index in [0.717, 1.165) is 41.1 Å². The fourth-order valence-corrected chi connectivity index (χ4v) is 5.52. The largest absolute Gasteiger partial charge is 0.416 e. The normalized spacial score (nSPS) is 23.7. The Labute approximate surface area is 201 Å². The summed E-state index contributed by atoms with van der Waals surface area (Å²) in [4.78, 5) is 26.0. The van der Waals surface area contributed by atoms with Crippen LogP contribution in [0.1, 0.15) is 37.1 Å². The van der Waals surface area contributed by atoms with Crippen LogP contribution >= 0.6 is 0 Å². The van der Waals surface area contributed by atoms with Crippen molar-refractivity contribution in [2.24, 2.45) is 11.8 Å². The molecule has 3 atom stereocenters. The Hall–Kier alpha value is -3.79. The molecule has 0 N–H and O–H groups in total. The highest BCUT2D eigenvalue weighted by Crippen LogP contribution is 2.51. The number of rotatable bonds is 2. The Kier molecular flexibility index (Phi) is 5.36. The van der Waals surface area contributed by atoms with E-state index in [-0.39, 0.29) is 23.3 Å². The summed E-state index contributed by atoms with van der Waals surface area (Å²) < 4.78 is 39.4. The van der Waals surface area contributed by atoms with Gasteiger partial charge in [0.05, 0.1) is 23.5 Å². The van der Waals surface area contributed by atoms with Gasteiger partial charge < -0.3 is 4.79 Å². The van der Waals surface area contributed by atoms with Crippen LogP contribution in [0, 0.1) is 18.4 Å². The molecule has 0 bridgehead atoms. The number of halogens is 3. The smallest absolute Gasteiger partial charge is 0.308 e. The van der Waals surface area contributed by atoms with Gasteiger partial charge in [-0.15, -0.1) is 0 Å². The summed E-state index contributed by atoms with van der Waals surface area (Å²) in [5.41, 5.74) is 2.47. The maximum atomic E-state index is 13.1. The SMILES string of the molecule is [C-]#[N+]C1=C[C@@]2(C)c3nc(-c4ccc(C(F)(F)F)cc4)nc(-c4ccccc4)c3CC[C@@H]2[C@@H](C)C1=O. The van der Waals surface area contributed by atoms with E-state index < -0.39 is 17.2 Å². The third-order valence-electron chi connectivity index (χ3n) is 7.34. The molecule has 0 spiro atoms.